The van der Waals surface area contributed by atoms with Crippen LogP contribution in [0.2, 0.25) is 0 Å². The Morgan fingerprint density at radius 1 is 1.35 bits per heavy atom. The number of aliphatic hydroxyl groups excluding tert-OH is 3. The summed E-state index contributed by atoms with van der Waals surface area (Å²) >= 11 is 0. The first-order valence-electron chi connectivity index (χ1n) is 6.42. The third-order valence-electron chi connectivity index (χ3n) is 3.23. The number of β-amino-alcohol motifs (C(OH)–C–C–N with tert-alkyl or cyclic N) is 1. The van der Waals surface area contributed by atoms with Crippen molar-refractivity contribution in [2.45, 2.75) is 32.2 Å². The highest BCUT2D eigenvalue weighted by atomic mass is 16.5. The molecule has 0 saturated carbocycles. The smallest absolute Gasteiger partial charge is 0.270 e. The Bertz CT molecular complexity index is 514. The monoisotopic (exact) mass is 281 g/mol. The third kappa shape index (κ3) is 2.63. The molecule has 0 aromatic heterocycles. The molecule has 0 radical (unpaired) electrons. The van der Waals surface area contributed by atoms with E-state index in [-0.39, 0.29) is 19.1 Å². The Balaban J connectivity index is 2.43. The quantitative estimate of drug-likeness (QED) is 0.725. The molecule has 1 unspecified atom stereocenters. The number of amides is 1. The van der Waals surface area contributed by atoms with E-state index >= 15 is 0 Å². The molecule has 20 heavy (non-hydrogen) atoms. The van der Waals surface area contributed by atoms with Gasteiger partial charge in [0.2, 0.25) is 0 Å². The topological polar surface area (TPSA) is 90.2 Å². The number of carbonyl (C=O) groups excluding carboxylic acids is 1. The van der Waals surface area contributed by atoms with Crippen LogP contribution in [0.5, 0.6) is 5.75 Å². The highest BCUT2D eigenvalue weighted by Crippen LogP contribution is 2.38. The first-order chi connectivity index (χ1) is 9.39. The van der Waals surface area contributed by atoms with Crippen LogP contribution >= 0.6 is 0 Å². The Labute approximate surface area is 117 Å². The van der Waals surface area contributed by atoms with E-state index in [4.69, 9.17) is 14.9 Å². The van der Waals surface area contributed by atoms with Crippen molar-refractivity contribution in [3.05, 3.63) is 23.8 Å². The van der Waals surface area contributed by atoms with Gasteiger partial charge in [-0.25, -0.2) is 0 Å². The van der Waals surface area contributed by atoms with Crippen LogP contribution in [0.3, 0.4) is 0 Å². The summed E-state index contributed by atoms with van der Waals surface area (Å²) in [4.78, 5) is 13.8. The Hall–Kier alpha value is -1.63. The fraction of sp³-hybridized carbons (Fsp3) is 0.500. The molecule has 110 valence electrons. The van der Waals surface area contributed by atoms with Gasteiger partial charge in [-0.05, 0) is 31.5 Å². The number of rotatable bonds is 4. The molecule has 0 fully saturated rings. The molecule has 3 N–H and O–H groups in total. The summed E-state index contributed by atoms with van der Waals surface area (Å²) in [6, 6.07) is 5.02. The van der Waals surface area contributed by atoms with Crippen LogP contribution in [0.15, 0.2) is 18.2 Å². The second-order valence-electron chi connectivity index (χ2n) is 5.32. The van der Waals surface area contributed by atoms with Crippen LogP contribution in [0.25, 0.3) is 0 Å². The van der Waals surface area contributed by atoms with Gasteiger partial charge < -0.3 is 25.0 Å². The maximum absolute atomic E-state index is 12.4. The summed E-state index contributed by atoms with van der Waals surface area (Å²) in [6.07, 6.45) is -1.02. The van der Waals surface area contributed by atoms with Crippen LogP contribution in [0.1, 0.15) is 19.4 Å². The molecule has 1 amide bonds. The van der Waals surface area contributed by atoms with Crippen molar-refractivity contribution < 1.29 is 24.9 Å². The lowest BCUT2D eigenvalue weighted by atomic mass is 10.0. The summed E-state index contributed by atoms with van der Waals surface area (Å²) in [5.41, 5.74) is 0.145. The van der Waals surface area contributed by atoms with Gasteiger partial charge in [-0.3, -0.25) is 4.79 Å². The average Bonchev–Trinajstić information content (AvgIpc) is 2.42. The van der Waals surface area contributed by atoms with Crippen LogP contribution < -0.4 is 9.64 Å². The van der Waals surface area contributed by atoms with Gasteiger partial charge in [-0.2, -0.15) is 0 Å². The number of anilines is 1. The van der Waals surface area contributed by atoms with Crippen molar-refractivity contribution in [2.24, 2.45) is 0 Å². The average molecular weight is 281 g/mol. The zero-order valence-corrected chi connectivity index (χ0v) is 11.5. The molecule has 0 bridgehead atoms. The minimum atomic E-state index is -1.06. The first kappa shape index (κ1) is 14.8. The highest BCUT2D eigenvalue weighted by Gasteiger charge is 2.41. The van der Waals surface area contributed by atoms with Crippen LogP contribution in [0, 0.1) is 0 Å². The number of nitrogens with zero attached hydrogens (tertiary/aromatic N) is 1. The third-order valence-corrected chi connectivity index (χ3v) is 3.23. The lowest BCUT2D eigenvalue weighted by Gasteiger charge is -2.39. The van der Waals surface area contributed by atoms with Crippen molar-refractivity contribution in [3.63, 3.8) is 0 Å². The number of carbonyl (C=O) groups is 1. The molecule has 2 rings (SSSR count). The predicted octanol–water partition coefficient (Wildman–Crippen LogP) is 0.0361. The fourth-order valence-corrected chi connectivity index (χ4v) is 2.16. The SMILES string of the molecule is CC1(C)Oc2cc(CO)ccc2N(CC(O)CO)C1=O. The molecule has 1 aliphatic rings. The minimum absolute atomic E-state index is 0.00635. The molecule has 6 nitrogen and oxygen atoms in total. The number of benzene rings is 1. The van der Waals surface area contributed by atoms with Crippen LogP contribution in [0.4, 0.5) is 5.69 Å². The maximum Gasteiger partial charge on any atom is 0.270 e. The number of aliphatic hydroxyl groups is 3. The Kier molecular flexibility index (Phi) is 3.99. The molecule has 1 aromatic carbocycles. The van der Waals surface area contributed by atoms with Gasteiger partial charge >= 0.3 is 0 Å². The standard InChI is InChI=1S/C14H19NO5/c1-14(2)13(19)15(6-10(18)8-17)11-4-3-9(7-16)5-12(11)20-14/h3-5,10,16-18H,6-8H2,1-2H3. The summed E-state index contributed by atoms with van der Waals surface area (Å²) < 4.78 is 5.67. The van der Waals surface area contributed by atoms with Gasteiger partial charge in [-0.1, -0.05) is 6.07 Å². The van der Waals surface area contributed by atoms with E-state index in [0.717, 1.165) is 0 Å². The van der Waals surface area contributed by atoms with Gasteiger partial charge in [0, 0.05) is 0 Å². The molecule has 1 atom stereocenters. The van der Waals surface area contributed by atoms with Gasteiger partial charge in [0.05, 0.1) is 31.5 Å². The van der Waals surface area contributed by atoms with E-state index in [2.05, 4.69) is 0 Å². The summed E-state index contributed by atoms with van der Waals surface area (Å²) in [5, 5.41) is 27.7. The van der Waals surface area contributed by atoms with Gasteiger partial charge in [0.25, 0.3) is 5.91 Å². The van der Waals surface area contributed by atoms with Crippen molar-refractivity contribution in [2.75, 3.05) is 18.1 Å². The zero-order valence-electron chi connectivity index (χ0n) is 11.5. The number of hydrogen-bond acceptors (Lipinski definition) is 5. The molecule has 1 heterocycles. The summed E-state index contributed by atoms with van der Waals surface area (Å²) in [7, 11) is 0. The molecule has 1 aromatic rings. The predicted molar refractivity (Wildman–Crippen MR) is 72.5 cm³/mol. The Morgan fingerprint density at radius 2 is 2.05 bits per heavy atom. The maximum atomic E-state index is 12.4. The second kappa shape index (κ2) is 5.40. The van der Waals surface area contributed by atoms with Gasteiger partial charge in [-0.15, -0.1) is 0 Å². The largest absolute Gasteiger partial charge is 0.476 e. The number of fused-ring (bicyclic) bond motifs is 1. The molecule has 1 aliphatic heterocycles. The molecule has 0 spiro atoms. The van der Waals surface area contributed by atoms with Crippen molar-refractivity contribution in [1.82, 2.24) is 0 Å². The molecule has 0 saturated heterocycles. The first-order valence-corrected chi connectivity index (χ1v) is 6.42. The minimum Gasteiger partial charge on any atom is -0.476 e. The molecule has 0 aliphatic carbocycles. The van der Waals surface area contributed by atoms with Crippen molar-refractivity contribution in [3.8, 4) is 5.75 Å². The fourth-order valence-electron chi connectivity index (χ4n) is 2.16. The lowest BCUT2D eigenvalue weighted by molar-refractivity contribution is -0.133. The van der Waals surface area contributed by atoms with E-state index in [0.29, 0.717) is 17.0 Å². The number of hydrogen-bond donors (Lipinski definition) is 3. The van der Waals surface area contributed by atoms with E-state index in [1.165, 1.54) is 4.90 Å². The second-order valence-corrected chi connectivity index (χ2v) is 5.32. The summed E-state index contributed by atoms with van der Waals surface area (Å²) in [5.74, 6) is 0.195. The van der Waals surface area contributed by atoms with Gasteiger partial charge in [0.15, 0.2) is 5.60 Å². The van der Waals surface area contributed by atoms with E-state index in [1.54, 1.807) is 32.0 Å². The normalized spacial score (nSPS) is 18.4. The van der Waals surface area contributed by atoms with Crippen LogP contribution in [-0.2, 0) is 11.4 Å². The van der Waals surface area contributed by atoms with E-state index < -0.39 is 18.3 Å². The highest BCUT2D eigenvalue weighted by molar-refractivity contribution is 6.02. The summed E-state index contributed by atoms with van der Waals surface area (Å²) in [6.45, 7) is 2.73. The number of ether oxygens (including phenoxy) is 1. The van der Waals surface area contributed by atoms with E-state index in [9.17, 15) is 9.90 Å². The van der Waals surface area contributed by atoms with Crippen molar-refractivity contribution in [1.29, 1.82) is 0 Å². The van der Waals surface area contributed by atoms with Crippen molar-refractivity contribution >= 4 is 11.6 Å². The van der Waals surface area contributed by atoms with Crippen LogP contribution in [-0.4, -0.2) is 46.1 Å². The molecular formula is C14H19NO5. The lowest BCUT2D eigenvalue weighted by Crippen LogP contribution is -2.54. The van der Waals surface area contributed by atoms with E-state index in [1.807, 2.05) is 0 Å². The molecule has 6 heteroatoms. The Morgan fingerprint density at radius 3 is 2.65 bits per heavy atom. The van der Waals surface area contributed by atoms with Gasteiger partial charge in [0.1, 0.15) is 5.75 Å². The molecular weight excluding hydrogens is 262 g/mol. The zero-order chi connectivity index (χ0) is 14.9.